The minimum atomic E-state index is -1.22. The van der Waals surface area contributed by atoms with Crippen molar-refractivity contribution in [3.8, 4) is 0 Å². The molecule has 4 fully saturated rings. The number of fused-ring (bicyclic) bond motifs is 5. The standard InChI is InChI=1S/C27H48O6/c1-15(14-28)6-5-7-16(2)21-22(31)23(32)24-26(21,4)11-9-20-25(3)10-8-17(29)12-18(25)19(30)13-27(20,24)33/h15-24,28-33H,5-14H2,1-4H3/t15?,16-,17+,18?,19+,20-,21+,22-,23+,24-,25+,26-,27+/m1/s1. The minimum Gasteiger partial charge on any atom is -0.396 e. The largest absolute Gasteiger partial charge is 0.396 e. The molecule has 13 atom stereocenters. The third kappa shape index (κ3) is 3.92. The van der Waals surface area contributed by atoms with Gasteiger partial charge in [-0.15, -0.1) is 0 Å². The van der Waals surface area contributed by atoms with E-state index in [2.05, 4.69) is 20.8 Å². The van der Waals surface area contributed by atoms with Crippen molar-refractivity contribution >= 4 is 0 Å². The lowest BCUT2D eigenvalue weighted by molar-refractivity contribution is -0.264. The molecule has 6 nitrogen and oxygen atoms in total. The predicted octanol–water partition coefficient (Wildman–Crippen LogP) is 2.47. The Morgan fingerprint density at radius 2 is 1.58 bits per heavy atom. The van der Waals surface area contributed by atoms with Gasteiger partial charge in [-0.25, -0.2) is 0 Å². The van der Waals surface area contributed by atoms with Crippen LogP contribution in [0.5, 0.6) is 0 Å². The smallest absolute Gasteiger partial charge is 0.0863 e. The molecule has 0 amide bonds. The molecule has 33 heavy (non-hydrogen) atoms. The maximum absolute atomic E-state index is 12.3. The van der Waals surface area contributed by atoms with Crippen LogP contribution in [0, 0.1) is 46.3 Å². The molecule has 0 radical (unpaired) electrons. The number of hydrogen-bond donors (Lipinski definition) is 6. The summed E-state index contributed by atoms with van der Waals surface area (Å²) >= 11 is 0. The van der Waals surface area contributed by atoms with Crippen LogP contribution in [0.3, 0.4) is 0 Å². The van der Waals surface area contributed by atoms with Crippen molar-refractivity contribution in [1.82, 2.24) is 0 Å². The highest BCUT2D eigenvalue weighted by atomic mass is 16.3. The summed E-state index contributed by atoms with van der Waals surface area (Å²) in [5.41, 5.74) is -1.90. The van der Waals surface area contributed by atoms with E-state index in [4.69, 9.17) is 0 Å². The average Bonchev–Trinajstić information content (AvgIpc) is 2.95. The fourth-order valence-corrected chi connectivity index (χ4v) is 9.57. The van der Waals surface area contributed by atoms with E-state index in [1.54, 1.807) is 0 Å². The summed E-state index contributed by atoms with van der Waals surface area (Å²) in [6.45, 7) is 8.70. The lowest BCUT2D eigenvalue weighted by atomic mass is 9.42. The number of aliphatic hydroxyl groups is 6. The molecule has 0 spiro atoms. The first-order valence-corrected chi connectivity index (χ1v) is 13.5. The Morgan fingerprint density at radius 3 is 2.24 bits per heavy atom. The molecule has 0 bridgehead atoms. The lowest BCUT2D eigenvalue weighted by Crippen LogP contribution is -2.68. The van der Waals surface area contributed by atoms with Crippen molar-refractivity contribution in [2.75, 3.05) is 6.61 Å². The molecule has 0 heterocycles. The summed E-state index contributed by atoms with van der Waals surface area (Å²) in [5, 5.41) is 65.7. The van der Waals surface area contributed by atoms with Gasteiger partial charge in [0.2, 0.25) is 0 Å². The molecule has 4 aliphatic rings. The summed E-state index contributed by atoms with van der Waals surface area (Å²) in [6.07, 6.45) is 3.75. The van der Waals surface area contributed by atoms with E-state index in [1.807, 2.05) is 6.92 Å². The normalized spacial score (nSPS) is 53.6. The van der Waals surface area contributed by atoms with E-state index in [0.717, 1.165) is 38.5 Å². The zero-order chi connectivity index (χ0) is 24.3. The van der Waals surface area contributed by atoms with E-state index in [1.165, 1.54) is 0 Å². The Hall–Kier alpha value is -0.240. The maximum Gasteiger partial charge on any atom is 0.0863 e. The average molecular weight is 469 g/mol. The topological polar surface area (TPSA) is 121 Å². The van der Waals surface area contributed by atoms with Gasteiger partial charge in [0.15, 0.2) is 0 Å². The van der Waals surface area contributed by atoms with E-state index < -0.39 is 41.3 Å². The third-order valence-electron chi connectivity index (χ3n) is 11.1. The van der Waals surface area contributed by atoms with Crippen molar-refractivity contribution in [2.24, 2.45) is 46.3 Å². The molecule has 2 unspecified atom stereocenters. The first-order valence-electron chi connectivity index (χ1n) is 13.5. The van der Waals surface area contributed by atoms with Crippen molar-refractivity contribution in [3.63, 3.8) is 0 Å². The van der Waals surface area contributed by atoms with Gasteiger partial charge in [0.05, 0.1) is 30.0 Å². The number of aliphatic hydroxyl groups excluding tert-OH is 5. The Kier molecular flexibility index (Phi) is 7.05. The van der Waals surface area contributed by atoms with E-state index in [9.17, 15) is 30.6 Å². The van der Waals surface area contributed by atoms with Crippen molar-refractivity contribution in [1.29, 1.82) is 0 Å². The predicted molar refractivity (Wildman–Crippen MR) is 126 cm³/mol. The molecular formula is C27H48O6. The van der Waals surface area contributed by atoms with Gasteiger partial charge < -0.3 is 30.6 Å². The monoisotopic (exact) mass is 468 g/mol. The molecule has 0 aromatic carbocycles. The molecule has 0 aliphatic heterocycles. The van der Waals surface area contributed by atoms with Gasteiger partial charge in [0, 0.05) is 18.9 Å². The number of hydrogen-bond acceptors (Lipinski definition) is 6. The van der Waals surface area contributed by atoms with Crippen molar-refractivity contribution < 1.29 is 30.6 Å². The summed E-state index contributed by atoms with van der Waals surface area (Å²) in [6, 6.07) is 0. The van der Waals surface area contributed by atoms with Crippen LogP contribution >= 0.6 is 0 Å². The third-order valence-corrected chi connectivity index (χ3v) is 11.1. The second-order valence-corrected chi connectivity index (χ2v) is 13.1. The van der Waals surface area contributed by atoms with Gasteiger partial charge in [-0.2, -0.15) is 0 Å². The Balaban J connectivity index is 1.61. The molecule has 192 valence electrons. The molecule has 4 aliphatic carbocycles. The van der Waals surface area contributed by atoms with Crippen molar-refractivity contribution in [3.05, 3.63) is 0 Å². The summed E-state index contributed by atoms with van der Waals surface area (Å²) in [4.78, 5) is 0. The van der Waals surface area contributed by atoms with Crippen LogP contribution in [0.1, 0.15) is 85.5 Å². The van der Waals surface area contributed by atoms with Crippen LogP contribution in [0.2, 0.25) is 0 Å². The van der Waals surface area contributed by atoms with Crippen LogP contribution in [0.15, 0.2) is 0 Å². The molecule has 0 saturated heterocycles. The van der Waals surface area contributed by atoms with E-state index >= 15 is 0 Å². The zero-order valence-electron chi connectivity index (χ0n) is 21.0. The second kappa shape index (κ2) is 9.01. The fraction of sp³-hybridized carbons (Fsp3) is 1.00. The maximum atomic E-state index is 12.3. The van der Waals surface area contributed by atoms with E-state index in [0.29, 0.717) is 12.8 Å². The SMILES string of the molecule is CC(CO)CCC[C@@H](C)[C@H]1[C@@H](O)[C@H](O)[C@@H]2[C@]1(C)CC[C@H]1[C@@]2(O)C[C@H](O)C2C[C@@H](O)CC[C@@]21C. The fourth-order valence-electron chi connectivity index (χ4n) is 9.57. The Labute approximate surface area is 199 Å². The summed E-state index contributed by atoms with van der Waals surface area (Å²) in [7, 11) is 0. The molecule has 0 aromatic rings. The molecular weight excluding hydrogens is 420 g/mol. The summed E-state index contributed by atoms with van der Waals surface area (Å²) in [5.74, 6) is -0.211. The molecule has 6 N–H and O–H groups in total. The van der Waals surface area contributed by atoms with Gasteiger partial charge >= 0.3 is 0 Å². The summed E-state index contributed by atoms with van der Waals surface area (Å²) < 4.78 is 0. The lowest BCUT2D eigenvalue weighted by Gasteiger charge is -2.65. The first-order chi connectivity index (χ1) is 15.4. The molecule has 0 aromatic heterocycles. The van der Waals surface area contributed by atoms with E-state index in [-0.39, 0.29) is 48.0 Å². The zero-order valence-corrected chi connectivity index (χ0v) is 21.0. The van der Waals surface area contributed by atoms with Crippen LogP contribution in [-0.2, 0) is 0 Å². The quantitative estimate of drug-likeness (QED) is 0.356. The molecule has 6 heteroatoms. The molecule has 4 rings (SSSR count). The van der Waals surface area contributed by atoms with Gasteiger partial charge in [0.25, 0.3) is 0 Å². The Morgan fingerprint density at radius 1 is 0.909 bits per heavy atom. The van der Waals surface area contributed by atoms with Crippen LogP contribution in [0.4, 0.5) is 0 Å². The second-order valence-electron chi connectivity index (χ2n) is 13.1. The number of rotatable bonds is 6. The van der Waals surface area contributed by atoms with Crippen LogP contribution in [0.25, 0.3) is 0 Å². The highest BCUT2D eigenvalue weighted by Crippen LogP contribution is 2.69. The van der Waals surface area contributed by atoms with Crippen LogP contribution in [-0.4, -0.2) is 67.3 Å². The van der Waals surface area contributed by atoms with Crippen molar-refractivity contribution in [2.45, 2.75) is 115 Å². The van der Waals surface area contributed by atoms with Gasteiger partial charge in [-0.3, -0.25) is 0 Å². The highest BCUT2D eigenvalue weighted by molar-refractivity contribution is 5.21. The molecule has 4 saturated carbocycles. The first kappa shape index (κ1) is 25.8. The van der Waals surface area contributed by atoms with Gasteiger partial charge in [0.1, 0.15) is 0 Å². The highest BCUT2D eigenvalue weighted by Gasteiger charge is 2.72. The van der Waals surface area contributed by atoms with Gasteiger partial charge in [-0.1, -0.05) is 40.5 Å². The Bertz CT molecular complexity index is 702. The minimum absolute atomic E-state index is 0.0393. The van der Waals surface area contributed by atoms with Crippen LogP contribution < -0.4 is 0 Å². The van der Waals surface area contributed by atoms with Gasteiger partial charge in [-0.05, 0) is 78.9 Å².